The van der Waals surface area contributed by atoms with Crippen molar-refractivity contribution in [1.82, 2.24) is 15.1 Å². The number of benzene rings is 4. The molecular weight excluding hydrogens is 470 g/mol. The van der Waals surface area contributed by atoms with E-state index in [0.717, 1.165) is 33.8 Å². The molecule has 1 atom stereocenters. The molecule has 5 nitrogen and oxygen atoms in total. The lowest BCUT2D eigenvalue weighted by molar-refractivity contribution is 0.0928. The quantitative estimate of drug-likeness (QED) is 0.252. The Kier molecular flexibility index (Phi) is 7.36. The van der Waals surface area contributed by atoms with Gasteiger partial charge in [0.1, 0.15) is 11.4 Å². The second-order valence-electron chi connectivity index (χ2n) is 9.45. The van der Waals surface area contributed by atoms with Gasteiger partial charge < -0.3 is 10.1 Å². The van der Waals surface area contributed by atoms with Crippen LogP contribution in [0, 0.1) is 13.8 Å². The number of hydrogen-bond acceptors (Lipinski definition) is 3. The zero-order valence-electron chi connectivity index (χ0n) is 21.9. The number of rotatable bonds is 8. The normalized spacial score (nSPS) is 11.7. The van der Waals surface area contributed by atoms with E-state index in [1.165, 1.54) is 11.1 Å². The lowest BCUT2D eigenvalue weighted by Crippen LogP contribution is -2.31. The third-order valence-corrected chi connectivity index (χ3v) is 6.85. The van der Waals surface area contributed by atoms with Gasteiger partial charge in [0.15, 0.2) is 0 Å². The average molecular weight is 502 g/mol. The topological polar surface area (TPSA) is 56.2 Å². The summed E-state index contributed by atoms with van der Waals surface area (Å²) in [5.74, 6) is 0.557. The summed E-state index contributed by atoms with van der Waals surface area (Å²) in [4.78, 5) is 13.9. The van der Waals surface area contributed by atoms with Crippen LogP contribution in [0.1, 0.15) is 38.8 Å². The van der Waals surface area contributed by atoms with Crippen LogP contribution in [0.15, 0.2) is 109 Å². The number of ether oxygens (including phenoxy) is 1. The second kappa shape index (κ2) is 11.2. The number of hydrogen-bond donors (Lipinski definition) is 1. The van der Waals surface area contributed by atoms with Crippen LogP contribution in [0.4, 0.5) is 0 Å². The van der Waals surface area contributed by atoms with Gasteiger partial charge in [-0.05, 0) is 78.9 Å². The first-order valence-electron chi connectivity index (χ1n) is 12.7. The van der Waals surface area contributed by atoms with E-state index < -0.39 is 0 Å². The van der Waals surface area contributed by atoms with Gasteiger partial charge in [0.05, 0.1) is 24.5 Å². The number of carbonyl (C=O) groups excluding carboxylic acids is 1. The van der Waals surface area contributed by atoms with Crippen molar-refractivity contribution in [2.24, 2.45) is 0 Å². The highest BCUT2D eigenvalue weighted by molar-refractivity contribution is 5.94. The van der Waals surface area contributed by atoms with Crippen molar-refractivity contribution in [2.45, 2.75) is 26.3 Å². The number of aromatic nitrogens is 2. The van der Waals surface area contributed by atoms with Gasteiger partial charge in [-0.3, -0.25) is 4.79 Å². The Balaban J connectivity index is 1.54. The first-order valence-corrected chi connectivity index (χ1v) is 12.7. The Bertz CT molecular complexity index is 1520. The molecule has 1 heterocycles. The highest BCUT2D eigenvalue weighted by Gasteiger charge is 2.22. The molecule has 1 unspecified atom stereocenters. The molecule has 5 heteroatoms. The van der Waals surface area contributed by atoms with Gasteiger partial charge in [-0.1, -0.05) is 72.8 Å². The van der Waals surface area contributed by atoms with Crippen LogP contribution in [0.2, 0.25) is 0 Å². The molecular formula is C33H31N3O2. The summed E-state index contributed by atoms with van der Waals surface area (Å²) in [6.07, 6.45) is 0.678. The summed E-state index contributed by atoms with van der Waals surface area (Å²) in [5, 5.41) is 8.17. The number of aryl methyl sites for hydroxylation is 2. The van der Waals surface area contributed by atoms with Crippen molar-refractivity contribution >= 4 is 5.91 Å². The van der Waals surface area contributed by atoms with Gasteiger partial charge in [0.25, 0.3) is 5.91 Å². The number of carbonyl (C=O) groups is 1. The first-order chi connectivity index (χ1) is 18.5. The van der Waals surface area contributed by atoms with Crippen molar-refractivity contribution in [2.75, 3.05) is 7.11 Å². The monoisotopic (exact) mass is 501 g/mol. The molecule has 0 spiro atoms. The molecule has 5 aromatic rings. The van der Waals surface area contributed by atoms with E-state index in [1.807, 2.05) is 72.8 Å². The van der Waals surface area contributed by atoms with Gasteiger partial charge in [0, 0.05) is 5.56 Å². The molecule has 0 bridgehead atoms. The van der Waals surface area contributed by atoms with E-state index in [0.29, 0.717) is 12.1 Å². The Morgan fingerprint density at radius 1 is 0.842 bits per heavy atom. The van der Waals surface area contributed by atoms with Crippen LogP contribution < -0.4 is 10.1 Å². The molecule has 0 fully saturated rings. The van der Waals surface area contributed by atoms with E-state index in [-0.39, 0.29) is 11.9 Å². The Morgan fingerprint density at radius 2 is 1.53 bits per heavy atom. The lowest BCUT2D eigenvalue weighted by Gasteiger charge is -2.20. The minimum absolute atomic E-state index is 0.187. The summed E-state index contributed by atoms with van der Waals surface area (Å²) in [7, 11) is 1.63. The second-order valence-corrected chi connectivity index (χ2v) is 9.45. The number of methoxy groups -OCH3 is 1. The van der Waals surface area contributed by atoms with E-state index >= 15 is 0 Å². The molecule has 0 aliphatic rings. The van der Waals surface area contributed by atoms with Gasteiger partial charge in [-0.25, -0.2) is 4.68 Å². The van der Waals surface area contributed by atoms with Gasteiger partial charge in [0.2, 0.25) is 0 Å². The van der Waals surface area contributed by atoms with Crippen molar-refractivity contribution in [3.8, 4) is 22.7 Å². The van der Waals surface area contributed by atoms with Crippen molar-refractivity contribution in [3.63, 3.8) is 0 Å². The van der Waals surface area contributed by atoms with Gasteiger partial charge in [-0.2, -0.15) is 5.10 Å². The molecule has 1 aromatic heterocycles. The zero-order chi connectivity index (χ0) is 26.5. The van der Waals surface area contributed by atoms with Crippen LogP contribution in [-0.4, -0.2) is 22.8 Å². The molecule has 5 rings (SSSR count). The Morgan fingerprint density at radius 3 is 2.18 bits per heavy atom. The molecule has 0 saturated heterocycles. The van der Waals surface area contributed by atoms with Crippen LogP contribution in [-0.2, 0) is 6.42 Å². The zero-order valence-corrected chi connectivity index (χ0v) is 21.9. The SMILES string of the molecule is COc1ccc(-n2nc(-c3ccc(C)c(C)c3)cc2C(=O)NC(Cc2ccccc2)c2ccccc2)cc1. The molecule has 0 radical (unpaired) electrons. The van der Waals surface area contributed by atoms with Crippen molar-refractivity contribution < 1.29 is 9.53 Å². The fourth-order valence-corrected chi connectivity index (χ4v) is 4.52. The highest BCUT2D eigenvalue weighted by atomic mass is 16.5. The standard InChI is InChI=1S/C33H31N3O2/c1-23-14-15-27(20-24(23)2)31-22-32(36(35-31)28-16-18-29(38-3)19-17-28)33(37)34-30(26-12-8-5-9-13-26)21-25-10-6-4-7-11-25/h4-20,22,30H,21H2,1-3H3,(H,34,37). The van der Waals surface area contributed by atoms with Crippen LogP contribution in [0.3, 0.4) is 0 Å². The summed E-state index contributed by atoms with van der Waals surface area (Å²) in [5.41, 5.74) is 7.57. The van der Waals surface area contributed by atoms with E-state index in [9.17, 15) is 4.79 Å². The minimum Gasteiger partial charge on any atom is -0.497 e. The smallest absolute Gasteiger partial charge is 0.270 e. The molecule has 1 N–H and O–H groups in total. The third kappa shape index (κ3) is 5.52. The lowest BCUT2D eigenvalue weighted by atomic mass is 9.98. The molecule has 0 saturated carbocycles. The molecule has 4 aromatic carbocycles. The number of nitrogens with zero attached hydrogens (tertiary/aromatic N) is 2. The van der Waals surface area contributed by atoms with E-state index in [1.54, 1.807) is 11.8 Å². The molecule has 190 valence electrons. The van der Waals surface area contributed by atoms with Crippen LogP contribution >= 0.6 is 0 Å². The third-order valence-electron chi connectivity index (χ3n) is 6.85. The highest BCUT2D eigenvalue weighted by Crippen LogP contribution is 2.26. The summed E-state index contributed by atoms with van der Waals surface area (Å²) in [6, 6.07) is 35.8. The summed E-state index contributed by atoms with van der Waals surface area (Å²) in [6.45, 7) is 4.17. The first kappa shape index (κ1) is 25.0. The van der Waals surface area contributed by atoms with E-state index in [4.69, 9.17) is 9.84 Å². The van der Waals surface area contributed by atoms with Crippen LogP contribution in [0.25, 0.3) is 16.9 Å². The molecule has 1 amide bonds. The minimum atomic E-state index is -0.199. The van der Waals surface area contributed by atoms with Gasteiger partial charge >= 0.3 is 0 Å². The largest absolute Gasteiger partial charge is 0.497 e. The van der Waals surface area contributed by atoms with Crippen molar-refractivity contribution in [1.29, 1.82) is 0 Å². The number of amides is 1. The van der Waals surface area contributed by atoms with Gasteiger partial charge in [-0.15, -0.1) is 0 Å². The fourth-order valence-electron chi connectivity index (χ4n) is 4.52. The fraction of sp³-hybridized carbons (Fsp3) is 0.152. The van der Waals surface area contributed by atoms with E-state index in [2.05, 4.69) is 55.6 Å². The molecule has 0 aliphatic carbocycles. The predicted molar refractivity (Wildman–Crippen MR) is 152 cm³/mol. The predicted octanol–water partition coefficient (Wildman–Crippen LogP) is 6.88. The maximum absolute atomic E-state index is 13.9. The summed E-state index contributed by atoms with van der Waals surface area (Å²) >= 11 is 0. The number of nitrogens with one attached hydrogen (secondary N) is 1. The van der Waals surface area contributed by atoms with Crippen LogP contribution in [0.5, 0.6) is 5.75 Å². The van der Waals surface area contributed by atoms with Crippen molar-refractivity contribution in [3.05, 3.63) is 137 Å². The maximum Gasteiger partial charge on any atom is 0.270 e. The maximum atomic E-state index is 13.9. The molecule has 0 aliphatic heterocycles. The Hall–Kier alpha value is -4.64. The summed E-state index contributed by atoms with van der Waals surface area (Å²) < 4.78 is 7.04. The average Bonchev–Trinajstić information content (AvgIpc) is 3.41. The Labute approximate surface area is 223 Å². The molecule has 38 heavy (non-hydrogen) atoms.